The average molecular weight is 148 g/mol. The lowest BCUT2D eigenvalue weighted by Gasteiger charge is -1.88. The van der Waals surface area contributed by atoms with Gasteiger partial charge in [0.15, 0.2) is 0 Å². The van der Waals surface area contributed by atoms with E-state index in [1.807, 2.05) is 0 Å². The highest BCUT2D eigenvalue weighted by molar-refractivity contribution is 6.06. The van der Waals surface area contributed by atoms with Crippen molar-refractivity contribution in [3.63, 3.8) is 0 Å². The quantitative estimate of drug-likeness (QED) is 0.339. The van der Waals surface area contributed by atoms with Crippen molar-refractivity contribution >= 4 is 11.9 Å². The first-order valence-electron chi connectivity index (χ1n) is 1.34. The monoisotopic (exact) mass is 148 g/mol. The van der Waals surface area contributed by atoms with Crippen molar-refractivity contribution < 1.29 is 22.5 Å². The van der Waals surface area contributed by atoms with E-state index in [9.17, 15) is 13.2 Å². The van der Waals surface area contributed by atoms with Crippen LogP contribution in [0.1, 0.15) is 0 Å². The van der Waals surface area contributed by atoms with Crippen LogP contribution < -0.4 is 0 Å². The Labute approximate surface area is 47.5 Å². The summed E-state index contributed by atoms with van der Waals surface area (Å²) < 4.78 is 36.0. The first-order chi connectivity index (χ1) is 3.68. The molecule has 0 fully saturated rings. The van der Waals surface area contributed by atoms with Gasteiger partial charge in [0.1, 0.15) is 11.9 Å². The van der Waals surface area contributed by atoms with E-state index in [0.717, 1.165) is 0 Å². The van der Waals surface area contributed by atoms with E-state index in [1.54, 1.807) is 0 Å². The maximum atomic E-state index is 11.2. The third-order valence-electron chi connectivity index (χ3n) is 0.253. The molecule has 0 aliphatic carbocycles. The largest absolute Gasteiger partial charge is 0.378 e. The van der Waals surface area contributed by atoms with E-state index in [1.165, 1.54) is 0 Å². The van der Waals surface area contributed by atoms with Crippen LogP contribution in [0.3, 0.4) is 0 Å². The second-order valence-corrected chi connectivity index (χ2v) is 0.806. The summed E-state index contributed by atoms with van der Waals surface area (Å²) in [6, 6.07) is -2.14. The Morgan fingerprint density at radius 1 is 1.25 bits per heavy atom. The van der Waals surface area contributed by atoms with Crippen LogP contribution >= 0.6 is 11.9 Å². The lowest BCUT2D eigenvalue weighted by molar-refractivity contribution is -0.188. The van der Waals surface area contributed by atoms with Gasteiger partial charge in [-0.15, -0.1) is 0 Å². The van der Waals surface area contributed by atoms with Gasteiger partial charge in [-0.1, -0.05) is 4.44 Å². The molecule has 8 heavy (non-hydrogen) atoms. The minimum Gasteiger partial charge on any atom is -0.282 e. The topological polar surface area (TPSA) is 18.5 Å². The molecule has 0 amide bonds. The van der Waals surface area contributed by atoms with E-state index >= 15 is 0 Å². The van der Waals surface area contributed by atoms with Gasteiger partial charge in [-0.3, -0.25) is 4.89 Å². The number of rotatable bonds is 2. The van der Waals surface area contributed by atoms with Gasteiger partial charge < -0.3 is 0 Å². The molecule has 0 heterocycles. The molecule has 0 aliphatic heterocycles. The minimum atomic E-state index is -2.62. The molecule has 6 heteroatoms. The molecule has 0 radical (unpaired) electrons. The normalized spacial score (nSPS) is 8.50. The summed E-state index contributed by atoms with van der Waals surface area (Å²) in [6.45, 7) is 0. The lowest BCUT2D eigenvalue weighted by Crippen LogP contribution is -1.80. The Balaban J connectivity index is 3.62. The van der Waals surface area contributed by atoms with Crippen LogP contribution in [0, 0.1) is 0 Å². The fourth-order valence-electron chi connectivity index (χ4n) is 0.0592. The number of hydrogen-bond donors (Lipinski definition) is 0. The van der Waals surface area contributed by atoms with Crippen LogP contribution in [0.4, 0.5) is 13.2 Å². The molecule has 0 bridgehead atoms. The Morgan fingerprint density at radius 3 is 1.88 bits per heavy atom. The smallest absolute Gasteiger partial charge is 0.282 e. The predicted molar refractivity (Wildman–Crippen MR) is 18.4 cm³/mol. The Hall–Kier alpha value is -0.420. The summed E-state index contributed by atoms with van der Waals surface area (Å²) in [5.41, 5.74) is 0. The molecule has 0 atom stereocenters. The molecule has 0 aliphatic rings. The van der Waals surface area contributed by atoms with E-state index < -0.39 is 12.1 Å². The number of halogens is 4. The van der Waals surface area contributed by atoms with Crippen LogP contribution in [0.5, 0.6) is 0 Å². The second-order valence-electron chi connectivity index (χ2n) is 0.680. The molecule has 0 aromatic carbocycles. The van der Waals surface area contributed by atoms with Gasteiger partial charge in [-0.2, -0.15) is 13.2 Å². The highest BCUT2D eigenvalue weighted by atomic mass is 35.5. The van der Waals surface area contributed by atoms with Crippen LogP contribution in [-0.2, 0) is 9.33 Å². The van der Waals surface area contributed by atoms with Gasteiger partial charge in [0.25, 0.3) is 0 Å². The molecular formula is C2ClF3O2. The zero-order valence-electron chi connectivity index (χ0n) is 3.33. The predicted octanol–water partition coefficient (Wildman–Crippen LogP) is 2.12. The summed E-state index contributed by atoms with van der Waals surface area (Å²) in [5, 5.41) is 0. The fraction of sp³-hybridized carbons (Fsp3) is 0. The molecule has 0 N–H and O–H groups in total. The minimum absolute atomic E-state index is 2.14. The lowest BCUT2D eigenvalue weighted by atomic mass is 11.0. The van der Waals surface area contributed by atoms with Gasteiger partial charge in [0.05, 0.1) is 0 Å². The summed E-state index contributed by atoms with van der Waals surface area (Å²) in [5.74, 6) is 0. The zero-order chi connectivity index (χ0) is 6.57. The standard InChI is InChI=1S/C2ClF3O2/c3-8-7-2(6)1(4)5. The summed E-state index contributed by atoms with van der Waals surface area (Å²) in [6.07, 6.45) is -2.62. The Kier molecular flexibility index (Phi) is 3.38. The van der Waals surface area contributed by atoms with Gasteiger partial charge in [-0.25, -0.2) is 0 Å². The highest BCUT2D eigenvalue weighted by Crippen LogP contribution is 2.10. The Bertz CT molecular complexity index is 99.5. The van der Waals surface area contributed by atoms with Gasteiger partial charge in [0, 0.05) is 0 Å². The molecule has 2 nitrogen and oxygen atoms in total. The van der Waals surface area contributed by atoms with Crippen LogP contribution in [-0.4, -0.2) is 0 Å². The third kappa shape index (κ3) is 2.70. The molecule has 0 aromatic heterocycles. The molecule has 0 rings (SSSR count). The molecule has 0 unspecified atom stereocenters. The zero-order valence-corrected chi connectivity index (χ0v) is 4.08. The molecule has 48 valence electrons. The Morgan fingerprint density at radius 2 is 1.75 bits per heavy atom. The summed E-state index contributed by atoms with van der Waals surface area (Å²) >= 11 is 4.21. The van der Waals surface area contributed by atoms with Crippen molar-refractivity contribution in [2.75, 3.05) is 0 Å². The summed E-state index contributed by atoms with van der Waals surface area (Å²) in [4.78, 5) is 3.03. The highest BCUT2D eigenvalue weighted by Gasteiger charge is 2.05. The van der Waals surface area contributed by atoms with Crippen LogP contribution in [0.2, 0.25) is 0 Å². The average Bonchev–Trinajstić information content (AvgIpc) is 1.67. The van der Waals surface area contributed by atoms with Gasteiger partial charge in [0.2, 0.25) is 0 Å². The van der Waals surface area contributed by atoms with Crippen molar-refractivity contribution in [2.24, 2.45) is 0 Å². The van der Waals surface area contributed by atoms with E-state index in [2.05, 4.69) is 21.2 Å². The van der Waals surface area contributed by atoms with Crippen molar-refractivity contribution in [1.29, 1.82) is 0 Å². The van der Waals surface area contributed by atoms with Crippen LogP contribution in [0.15, 0.2) is 12.1 Å². The van der Waals surface area contributed by atoms with Crippen molar-refractivity contribution in [3.05, 3.63) is 12.1 Å². The van der Waals surface area contributed by atoms with Crippen LogP contribution in [0.25, 0.3) is 0 Å². The molecule has 0 spiro atoms. The molecule has 0 saturated carbocycles. The maximum absolute atomic E-state index is 11.2. The third-order valence-corrected chi connectivity index (χ3v) is 0.316. The second kappa shape index (κ2) is 3.57. The van der Waals surface area contributed by atoms with Crippen molar-refractivity contribution in [2.45, 2.75) is 0 Å². The maximum Gasteiger partial charge on any atom is 0.378 e. The van der Waals surface area contributed by atoms with Crippen molar-refractivity contribution in [1.82, 2.24) is 0 Å². The number of hydrogen-bond acceptors (Lipinski definition) is 2. The fourth-order valence-corrected chi connectivity index (χ4v) is 0.114. The van der Waals surface area contributed by atoms with Gasteiger partial charge >= 0.3 is 12.1 Å². The van der Waals surface area contributed by atoms with E-state index in [0.29, 0.717) is 0 Å². The molecule has 0 saturated heterocycles. The molecular weight excluding hydrogens is 148 g/mol. The summed E-state index contributed by atoms with van der Waals surface area (Å²) in [7, 11) is 0. The molecule has 0 aromatic rings. The van der Waals surface area contributed by atoms with Crippen molar-refractivity contribution in [3.8, 4) is 0 Å². The first kappa shape index (κ1) is 7.58. The SMILES string of the molecule is FC(F)=C(F)OOCl. The first-order valence-corrected chi connectivity index (χ1v) is 1.65. The van der Waals surface area contributed by atoms with E-state index in [-0.39, 0.29) is 0 Å². The van der Waals surface area contributed by atoms with E-state index in [4.69, 9.17) is 0 Å². The van der Waals surface area contributed by atoms with Gasteiger partial charge in [-0.05, 0) is 0 Å².